The molecule has 0 radical (unpaired) electrons. The Bertz CT molecular complexity index is 526. The summed E-state index contributed by atoms with van der Waals surface area (Å²) in [5.41, 5.74) is 0.490. The summed E-state index contributed by atoms with van der Waals surface area (Å²) in [5, 5.41) is 8.83. The summed E-state index contributed by atoms with van der Waals surface area (Å²) in [6.07, 6.45) is 1.22. The standard InChI is InChI=1S/C15H21N3O3/c1-15(2,3)18-8-6-17(7-9-18)13(19)12-5-4-11(10-16-12)14(20)21/h4-5,10H,6-9H2,1-3H3,(H,20,21). The van der Waals surface area contributed by atoms with Gasteiger partial charge in [-0.1, -0.05) is 0 Å². The molecule has 0 spiro atoms. The van der Waals surface area contributed by atoms with E-state index in [0.29, 0.717) is 18.8 Å². The van der Waals surface area contributed by atoms with Crippen molar-refractivity contribution >= 4 is 11.9 Å². The Morgan fingerprint density at radius 3 is 2.19 bits per heavy atom. The molecule has 1 N–H and O–H groups in total. The number of carboxylic acid groups (broad SMARTS) is 1. The van der Waals surface area contributed by atoms with E-state index in [1.54, 1.807) is 4.90 Å². The van der Waals surface area contributed by atoms with E-state index in [1.807, 2.05) is 0 Å². The molecule has 114 valence electrons. The highest BCUT2D eigenvalue weighted by molar-refractivity contribution is 5.93. The first kappa shape index (κ1) is 15.4. The average molecular weight is 291 g/mol. The molecular formula is C15H21N3O3. The molecule has 2 rings (SSSR count). The highest BCUT2D eigenvalue weighted by Crippen LogP contribution is 2.16. The molecule has 0 aliphatic carbocycles. The molecule has 2 heterocycles. The van der Waals surface area contributed by atoms with E-state index < -0.39 is 5.97 Å². The zero-order chi connectivity index (χ0) is 15.6. The number of rotatable bonds is 2. The number of aromatic carboxylic acids is 1. The molecule has 1 aromatic rings. The van der Waals surface area contributed by atoms with E-state index in [4.69, 9.17) is 5.11 Å². The van der Waals surface area contributed by atoms with Crippen molar-refractivity contribution in [1.29, 1.82) is 0 Å². The highest BCUT2D eigenvalue weighted by Gasteiger charge is 2.28. The molecule has 0 saturated carbocycles. The van der Waals surface area contributed by atoms with Gasteiger partial charge in [0.2, 0.25) is 0 Å². The number of hydrogen-bond acceptors (Lipinski definition) is 4. The van der Waals surface area contributed by atoms with Crippen LogP contribution in [0.4, 0.5) is 0 Å². The number of aromatic nitrogens is 1. The van der Waals surface area contributed by atoms with Crippen LogP contribution in [0.2, 0.25) is 0 Å². The Hall–Kier alpha value is -1.95. The SMILES string of the molecule is CC(C)(C)N1CCN(C(=O)c2ccc(C(=O)O)cn2)CC1. The van der Waals surface area contributed by atoms with Crippen LogP contribution in [0, 0.1) is 0 Å². The third-order valence-corrected chi connectivity index (χ3v) is 3.75. The fraction of sp³-hybridized carbons (Fsp3) is 0.533. The molecule has 1 fully saturated rings. The monoisotopic (exact) mass is 291 g/mol. The summed E-state index contributed by atoms with van der Waals surface area (Å²) in [5.74, 6) is -1.18. The molecule has 6 nitrogen and oxygen atoms in total. The van der Waals surface area contributed by atoms with Crippen molar-refractivity contribution in [3.8, 4) is 0 Å². The quantitative estimate of drug-likeness (QED) is 0.890. The van der Waals surface area contributed by atoms with Crippen molar-refractivity contribution in [2.75, 3.05) is 26.2 Å². The van der Waals surface area contributed by atoms with E-state index in [1.165, 1.54) is 18.3 Å². The molecule has 0 bridgehead atoms. The number of amides is 1. The van der Waals surface area contributed by atoms with Crippen LogP contribution in [-0.4, -0.2) is 63.5 Å². The zero-order valence-electron chi connectivity index (χ0n) is 12.7. The van der Waals surface area contributed by atoms with Gasteiger partial charge in [-0.15, -0.1) is 0 Å². The lowest BCUT2D eigenvalue weighted by Gasteiger charge is -2.42. The predicted octanol–water partition coefficient (Wildman–Crippen LogP) is 1.34. The maximum atomic E-state index is 12.3. The molecule has 1 aliphatic heterocycles. The first-order valence-corrected chi connectivity index (χ1v) is 7.03. The first-order valence-electron chi connectivity index (χ1n) is 7.03. The third kappa shape index (κ3) is 3.58. The molecule has 1 amide bonds. The Morgan fingerprint density at radius 2 is 1.76 bits per heavy atom. The van der Waals surface area contributed by atoms with E-state index in [0.717, 1.165) is 13.1 Å². The van der Waals surface area contributed by atoms with Gasteiger partial charge in [-0.3, -0.25) is 14.7 Å². The van der Waals surface area contributed by atoms with Crippen molar-refractivity contribution in [2.24, 2.45) is 0 Å². The number of pyridine rings is 1. The minimum absolute atomic E-state index is 0.0871. The van der Waals surface area contributed by atoms with Crippen LogP contribution in [0.25, 0.3) is 0 Å². The van der Waals surface area contributed by atoms with Crippen molar-refractivity contribution in [3.63, 3.8) is 0 Å². The molecule has 6 heteroatoms. The van der Waals surface area contributed by atoms with Gasteiger partial charge in [0.1, 0.15) is 5.69 Å². The number of carbonyl (C=O) groups excluding carboxylic acids is 1. The van der Waals surface area contributed by atoms with Crippen molar-refractivity contribution < 1.29 is 14.7 Å². The molecule has 0 atom stereocenters. The van der Waals surface area contributed by atoms with Gasteiger partial charge >= 0.3 is 5.97 Å². The van der Waals surface area contributed by atoms with Gasteiger partial charge in [-0.2, -0.15) is 0 Å². The highest BCUT2D eigenvalue weighted by atomic mass is 16.4. The summed E-state index contributed by atoms with van der Waals surface area (Å²) in [6.45, 7) is 9.49. The molecule has 1 aromatic heterocycles. The Kier molecular flexibility index (Phi) is 4.27. The van der Waals surface area contributed by atoms with Gasteiger partial charge in [0.15, 0.2) is 0 Å². The lowest BCUT2D eigenvalue weighted by molar-refractivity contribution is 0.0446. The fourth-order valence-electron chi connectivity index (χ4n) is 2.39. The second-order valence-electron chi connectivity index (χ2n) is 6.19. The summed E-state index contributed by atoms with van der Waals surface area (Å²) < 4.78 is 0. The van der Waals surface area contributed by atoms with E-state index in [-0.39, 0.29) is 17.0 Å². The molecule has 1 aliphatic rings. The Morgan fingerprint density at radius 1 is 1.14 bits per heavy atom. The maximum Gasteiger partial charge on any atom is 0.337 e. The molecule has 0 unspecified atom stereocenters. The van der Waals surface area contributed by atoms with E-state index >= 15 is 0 Å². The average Bonchev–Trinajstić information content (AvgIpc) is 2.46. The van der Waals surface area contributed by atoms with Crippen molar-refractivity contribution in [3.05, 3.63) is 29.6 Å². The molecule has 0 aromatic carbocycles. The van der Waals surface area contributed by atoms with Crippen LogP contribution in [-0.2, 0) is 0 Å². The van der Waals surface area contributed by atoms with Gasteiger partial charge < -0.3 is 10.0 Å². The number of hydrogen-bond donors (Lipinski definition) is 1. The van der Waals surface area contributed by atoms with Crippen molar-refractivity contribution in [2.45, 2.75) is 26.3 Å². The van der Waals surface area contributed by atoms with E-state index in [2.05, 4.69) is 30.7 Å². The van der Waals surface area contributed by atoms with Crippen LogP contribution in [0.3, 0.4) is 0 Å². The lowest BCUT2D eigenvalue weighted by atomic mass is 10.0. The smallest absolute Gasteiger partial charge is 0.337 e. The summed E-state index contributed by atoms with van der Waals surface area (Å²) in [7, 11) is 0. The lowest BCUT2D eigenvalue weighted by Crippen LogP contribution is -2.54. The number of carboxylic acids is 1. The van der Waals surface area contributed by atoms with Gasteiger partial charge in [0, 0.05) is 37.9 Å². The van der Waals surface area contributed by atoms with E-state index in [9.17, 15) is 9.59 Å². The van der Waals surface area contributed by atoms with Crippen LogP contribution < -0.4 is 0 Å². The van der Waals surface area contributed by atoms with Gasteiger partial charge in [0.25, 0.3) is 5.91 Å². The topological polar surface area (TPSA) is 73.7 Å². The second kappa shape index (κ2) is 5.81. The third-order valence-electron chi connectivity index (χ3n) is 3.75. The van der Waals surface area contributed by atoms with Gasteiger partial charge in [-0.25, -0.2) is 4.79 Å². The molecule has 21 heavy (non-hydrogen) atoms. The van der Waals surface area contributed by atoms with Crippen LogP contribution in [0.15, 0.2) is 18.3 Å². The Labute approximate surface area is 124 Å². The number of nitrogens with zero attached hydrogens (tertiary/aromatic N) is 3. The van der Waals surface area contributed by atoms with Gasteiger partial charge in [-0.05, 0) is 32.9 Å². The van der Waals surface area contributed by atoms with Crippen LogP contribution in [0.5, 0.6) is 0 Å². The summed E-state index contributed by atoms with van der Waals surface area (Å²) >= 11 is 0. The van der Waals surface area contributed by atoms with Gasteiger partial charge in [0.05, 0.1) is 5.56 Å². The minimum atomic E-state index is -1.04. The molecule has 1 saturated heterocycles. The minimum Gasteiger partial charge on any atom is -0.478 e. The van der Waals surface area contributed by atoms with Crippen molar-refractivity contribution in [1.82, 2.24) is 14.8 Å². The largest absolute Gasteiger partial charge is 0.478 e. The van der Waals surface area contributed by atoms with Crippen LogP contribution >= 0.6 is 0 Å². The van der Waals surface area contributed by atoms with Crippen LogP contribution in [0.1, 0.15) is 41.6 Å². The zero-order valence-corrected chi connectivity index (χ0v) is 12.7. The Balaban J connectivity index is 2.00. The first-order chi connectivity index (χ1) is 9.79. The normalized spacial score (nSPS) is 16.8. The predicted molar refractivity (Wildman–Crippen MR) is 78.4 cm³/mol. The maximum absolute atomic E-state index is 12.3. The number of piperazine rings is 1. The number of carbonyl (C=O) groups is 2. The second-order valence-corrected chi connectivity index (χ2v) is 6.19. The molecular weight excluding hydrogens is 270 g/mol. The fourth-order valence-corrected chi connectivity index (χ4v) is 2.39. The summed E-state index contributed by atoms with van der Waals surface area (Å²) in [6, 6.07) is 2.88. The summed E-state index contributed by atoms with van der Waals surface area (Å²) in [4.78, 5) is 31.2.